The van der Waals surface area contributed by atoms with Gasteiger partial charge in [-0.15, -0.1) is 0 Å². The Morgan fingerprint density at radius 1 is 1.40 bits per heavy atom. The van der Waals surface area contributed by atoms with E-state index in [1.807, 2.05) is 12.4 Å². The summed E-state index contributed by atoms with van der Waals surface area (Å²) in [5.74, 6) is 0. The molecule has 2 heteroatoms. The zero-order chi connectivity index (χ0) is 6.81. The number of nitrogens with zero attached hydrogens (tertiary/aromatic N) is 1. The van der Waals surface area contributed by atoms with Gasteiger partial charge in [0, 0.05) is 18.9 Å². The van der Waals surface area contributed by atoms with Crippen LogP contribution in [0, 0.1) is 0 Å². The van der Waals surface area contributed by atoms with Gasteiger partial charge in [-0.1, -0.05) is 0 Å². The molecule has 0 amide bonds. The quantitative estimate of drug-likeness (QED) is 0.565. The van der Waals surface area contributed by atoms with Crippen molar-refractivity contribution in [1.82, 2.24) is 10.3 Å². The van der Waals surface area contributed by atoms with Gasteiger partial charge in [0.2, 0.25) is 0 Å². The zero-order valence-corrected chi connectivity index (χ0v) is 5.80. The van der Waals surface area contributed by atoms with E-state index in [-0.39, 0.29) is 0 Å². The minimum atomic E-state index is 0.989. The topological polar surface area (TPSA) is 24.9 Å². The molecular formula is C8H10N2. The third kappa shape index (κ3) is 0.907. The van der Waals surface area contributed by atoms with E-state index in [4.69, 9.17) is 0 Å². The molecule has 0 aliphatic carbocycles. The van der Waals surface area contributed by atoms with Crippen LogP contribution in [0.2, 0.25) is 0 Å². The molecule has 1 aromatic rings. The fourth-order valence-electron chi connectivity index (χ4n) is 1.31. The second-order valence-electron chi connectivity index (χ2n) is 2.57. The Balaban J connectivity index is 2.41. The van der Waals surface area contributed by atoms with Crippen molar-refractivity contribution in [2.24, 2.45) is 0 Å². The van der Waals surface area contributed by atoms with Crippen LogP contribution in [0.4, 0.5) is 0 Å². The molecule has 0 bridgehead atoms. The highest BCUT2D eigenvalue weighted by molar-refractivity contribution is 5.25. The van der Waals surface area contributed by atoms with E-state index in [9.17, 15) is 0 Å². The van der Waals surface area contributed by atoms with E-state index in [0.29, 0.717) is 0 Å². The highest BCUT2D eigenvalue weighted by Crippen LogP contribution is 2.10. The van der Waals surface area contributed by atoms with Crippen molar-refractivity contribution >= 4 is 0 Å². The van der Waals surface area contributed by atoms with Crippen LogP contribution in [-0.2, 0) is 13.0 Å². The van der Waals surface area contributed by atoms with Gasteiger partial charge < -0.3 is 5.32 Å². The Kier molecular flexibility index (Phi) is 1.40. The van der Waals surface area contributed by atoms with Crippen molar-refractivity contribution in [3.63, 3.8) is 0 Å². The molecule has 0 saturated carbocycles. The van der Waals surface area contributed by atoms with E-state index in [0.717, 1.165) is 19.5 Å². The van der Waals surface area contributed by atoms with Crippen LogP contribution in [0.25, 0.3) is 0 Å². The number of pyridine rings is 1. The van der Waals surface area contributed by atoms with Crippen molar-refractivity contribution < 1.29 is 0 Å². The summed E-state index contributed by atoms with van der Waals surface area (Å²) in [5.41, 5.74) is 2.81. The van der Waals surface area contributed by atoms with Crippen molar-refractivity contribution in [1.29, 1.82) is 0 Å². The second-order valence-corrected chi connectivity index (χ2v) is 2.57. The van der Waals surface area contributed by atoms with Crippen LogP contribution in [0.5, 0.6) is 0 Å². The molecule has 0 aromatic carbocycles. The maximum Gasteiger partial charge on any atom is 0.0315 e. The van der Waals surface area contributed by atoms with Gasteiger partial charge in [-0.25, -0.2) is 0 Å². The molecule has 0 spiro atoms. The van der Waals surface area contributed by atoms with E-state index in [1.54, 1.807) is 0 Å². The molecule has 0 fully saturated rings. The number of nitrogens with one attached hydrogen (secondary N) is 1. The van der Waals surface area contributed by atoms with Gasteiger partial charge in [0.15, 0.2) is 0 Å². The third-order valence-corrected chi connectivity index (χ3v) is 1.89. The summed E-state index contributed by atoms with van der Waals surface area (Å²) in [6, 6.07) is 2.11. The smallest absolute Gasteiger partial charge is 0.0315 e. The molecular weight excluding hydrogens is 124 g/mol. The van der Waals surface area contributed by atoms with Crippen LogP contribution >= 0.6 is 0 Å². The molecule has 0 unspecified atom stereocenters. The van der Waals surface area contributed by atoms with E-state index < -0.39 is 0 Å². The molecule has 52 valence electrons. The van der Waals surface area contributed by atoms with E-state index >= 15 is 0 Å². The standard InChI is InChI=1S/C8H10N2/c1-3-9-5-8-6-10-4-2-7(1)8/h1,3,5,10H,2,4,6H2. The lowest BCUT2D eigenvalue weighted by atomic mass is 10.0. The minimum Gasteiger partial charge on any atom is -0.312 e. The van der Waals surface area contributed by atoms with Crippen molar-refractivity contribution in [2.75, 3.05) is 6.54 Å². The number of aromatic nitrogens is 1. The van der Waals surface area contributed by atoms with Gasteiger partial charge >= 0.3 is 0 Å². The van der Waals surface area contributed by atoms with E-state index in [1.165, 1.54) is 11.1 Å². The van der Waals surface area contributed by atoms with Crippen LogP contribution < -0.4 is 5.32 Å². The normalized spacial score (nSPS) is 16.4. The monoisotopic (exact) mass is 134 g/mol. The summed E-state index contributed by atoms with van der Waals surface area (Å²) in [6.07, 6.45) is 4.96. The average Bonchev–Trinajstić information content (AvgIpc) is 2.05. The molecule has 10 heavy (non-hydrogen) atoms. The van der Waals surface area contributed by atoms with Gasteiger partial charge in [-0.05, 0) is 30.2 Å². The minimum absolute atomic E-state index is 0.989. The summed E-state index contributed by atoms with van der Waals surface area (Å²) in [7, 11) is 0. The highest BCUT2D eigenvalue weighted by Gasteiger charge is 2.05. The molecule has 1 aliphatic rings. The Bertz CT molecular complexity index is 207. The lowest BCUT2D eigenvalue weighted by Gasteiger charge is -2.15. The average molecular weight is 134 g/mol. The highest BCUT2D eigenvalue weighted by atomic mass is 14.9. The first kappa shape index (κ1) is 5.86. The first-order valence-electron chi connectivity index (χ1n) is 3.59. The first-order valence-corrected chi connectivity index (χ1v) is 3.59. The molecule has 1 aliphatic heterocycles. The van der Waals surface area contributed by atoms with Gasteiger partial charge in [0.05, 0.1) is 0 Å². The molecule has 0 atom stereocenters. The zero-order valence-electron chi connectivity index (χ0n) is 5.80. The van der Waals surface area contributed by atoms with Gasteiger partial charge in [0.25, 0.3) is 0 Å². The maximum atomic E-state index is 4.06. The van der Waals surface area contributed by atoms with Crippen LogP contribution in [0.1, 0.15) is 11.1 Å². The maximum absolute atomic E-state index is 4.06. The number of rotatable bonds is 0. The largest absolute Gasteiger partial charge is 0.312 e. The first-order chi connectivity index (χ1) is 4.97. The summed E-state index contributed by atoms with van der Waals surface area (Å²) < 4.78 is 0. The summed E-state index contributed by atoms with van der Waals surface area (Å²) in [6.45, 7) is 2.10. The summed E-state index contributed by atoms with van der Waals surface area (Å²) >= 11 is 0. The molecule has 2 heterocycles. The predicted molar refractivity (Wildman–Crippen MR) is 39.6 cm³/mol. The molecule has 1 N–H and O–H groups in total. The number of hydrogen-bond donors (Lipinski definition) is 1. The van der Waals surface area contributed by atoms with Gasteiger partial charge in [-0.2, -0.15) is 0 Å². The van der Waals surface area contributed by atoms with Crippen molar-refractivity contribution in [3.05, 3.63) is 29.6 Å². The Labute approximate surface area is 60.3 Å². The van der Waals surface area contributed by atoms with Crippen molar-refractivity contribution in [3.8, 4) is 0 Å². The van der Waals surface area contributed by atoms with Crippen LogP contribution in [-0.4, -0.2) is 11.5 Å². The number of fused-ring (bicyclic) bond motifs is 1. The Hall–Kier alpha value is -0.890. The fraction of sp³-hybridized carbons (Fsp3) is 0.375. The van der Waals surface area contributed by atoms with E-state index in [2.05, 4.69) is 16.4 Å². The molecule has 2 rings (SSSR count). The van der Waals surface area contributed by atoms with Gasteiger partial charge in [-0.3, -0.25) is 4.98 Å². The second kappa shape index (κ2) is 2.39. The lowest BCUT2D eigenvalue weighted by molar-refractivity contribution is 0.641. The molecule has 0 radical (unpaired) electrons. The molecule has 0 saturated heterocycles. The molecule has 2 nitrogen and oxygen atoms in total. The SMILES string of the molecule is c1cc2c(cn1)CNCC2. The third-order valence-electron chi connectivity index (χ3n) is 1.89. The van der Waals surface area contributed by atoms with Crippen molar-refractivity contribution in [2.45, 2.75) is 13.0 Å². The van der Waals surface area contributed by atoms with Crippen LogP contribution in [0.3, 0.4) is 0 Å². The lowest BCUT2D eigenvalue weighted by Crippen LogP contribution is -2.23. The number of hydrogen-bond acceptors (Lipinski definition) is 2. The predicted octanol–water partition coefficient (Wildman–Crippen LogP) is 0.727. The Morgan fingerprint density at radius 2 is 2.40 bits per heavy atom. The molecule has 1 aromatic heterocycles. The summed E-state index contributed by atoms with van der Waals surface area (Å²) in [4.78, 5) is 4.06. The van der Waals surface area contributed by atoms with Gasteiger partial charge in [0.1, 0.15) is 0 Å². The Morgan fingerprint density at radius 3 is 3.30 bits per heavy atom. The summed E-state index contributed by atoms with van der Waals surface area (Å²) in [5, 5.41) is 3.30. The fourth-order valence-corrected chi connectivity index (χ4v) is 1.31. The van der Waals surface area contributed by atoms with Crippen LogP contribution in [0.15, 0.2) is 18.5 Å².